The third kappa shape index (κ3) is 5.12. The Balaban J connectivity index is 2.15. The Bertz CT molecular complexity index is 1250. The van der Waals surface area contributed by atoms with E-state index < -0.39 is 94.4 Å². The first kappa shape index (κ1) is 32.9. The van der Waals surface area contributed by atoms with Crippen molar-refractivity contribution in [1.82, 2.24) is 0 Å². The third-order valence-electron chi connectivity index (χ3n) is 9.98. The van der Waals surface area contributed by atoms with Crippen molar-refractivity contribution in [3.63, 3.8) is 0 Å². The standard InChI is InChI=1S/C30H42O13/c1-13-19(39-14(2)31)11-30(37)26(43-18(6)35)24-28(9,20(36)10-21(40-15(3)32)29(24)12-38-29)25(42-17(5)34)23(41-16(4)33)22(13)27(30,7)8/h19-21,23-26,36-37H,10-12H2,1-9H3. The minimum Gasteiger partial charge on any atom is -0.459 e. The van der Waals surface area contributed by atoms with Crippen LogP contribution in [0.1, 0.15) is 75.2 Å². The van der Waals surface area contributed by atoms with Gasteiger partial charge < -0.3 is 38.6 Å². The summed E-state index contributed by atoms with van der Waals surface area (Å²) in [5.41, 5.74) is -5.72. The quantitative estimate of drug-likeness (QED) is 0.197. The lowest BCUT2D eigenvalue weighted by Crippen LogP contribution is -2.76. The highest BCUT2D eigenvalue weighted by Crippen LogP contribution is 2.66. The summed E-state index contributed by atoms with van der Waals surface area (Å²) in [4.78, 5) is 62.6. The molecule has 0 amide bonds. The summed E-state index contributed by atoms with van der Waals surface area (Å²) in [5, 5.41) is 24.9. The molecule has 2 saturated carbocycles. The molecule has 13 heteroatoms. The SMILES string of the molecule is CC(=O)OC1CC2(O)C(OC(C)=O)C3C4(CO4)C(OC(C)=O)CC(O)C3(C)C(OC(C)=O)C(OC(C)=O)C(=C1C)C2(C)C. The largest absolute Gasteiger partial charge is 0.459 e. The molecule has 4 aliphatic rings. The fourth-order valence-corrected chi connectivity index (χ4v) is 8.07. The van der Waals surface area contributed by atoms with Crippen molar-refractivity contribution >= 4 is 29.8 Å². The fourth-order valence-electron chi connectivity index (χ4n) is 8.07. The number of hydrogen-bond acceptors (Lipinski definition) is 13. The first-order chi connectivity index (χ1) is 19.7. The van der Waals surface area contributed by atoms with Gasteiger partial charge in [0.25, 0.3) is 0 Å². The van der Waals surface area contributed by atoms with Crippen LogP contribution in [-0.2, 0) is 52.4 Å². The summed E-state index contributed by atoms with van der Waals surface area (Å²) in [7, 11) is 0. The number of aliphatic hydroxyl groups excluding tert-OH is 1. The summed E-state index contributed by atoms with van der Waals surface area (Å²) < 4.78 is 35.2. The van der Waals surface area contributed by atoms with Crippen LogP contribution in [0.5, 0.6) is 0 Å². The molecule has 0 aromatic carbocycles. The van der Waals surface area contributed by atoms with Gasteiger partial charge in [-0.3, -0.25) is 24.0 Å². The first-order valence-electron chi connectivity index (χ1n) is 14.4. The van der Waals surface area contributed by atoms with Crippen molar-refractivity contribution in [1.29, 1.82) is 0 Å². The van der Waals surface area contributed by atoms with Crippen molar-refractivity contribution in [3.05, 3.63) is 11.1 Å². The number of aliphatic hydroxyl groups is 2. The van der Waals surface area contributed by atoms with E-state index in [4.69, 9.17) is 28.4 Å². The highest BCUT2D eigenvalue weighted by Gasteiger charge is 2.79. The van der Waals surface area contributed by atoms with E-state index >= 15 is 0 Å². The predicted octanol–water partition coefficient (Wildman–Crippen LogP) is 1.29. The molecule has 1 aliphatic heterocycles. The van der Waals surface area contributed by atoms with Crippen molar-refractivity contribution in [2.24, 2.45) is 16.7 Å². The van der Waals surface area contributed by atoms with Gasteiger partial charge in [-0.1, -0.05) is 20.8 Å². The highest BCUT2D eigenvalue weighted by molar-refractivity contribution is 5.70. The number of fused-ring (bicyclic) bond motifs is 4. The van der Waals surface area contributed by atoms with Crippen LogP contribution in [0.15, 0.2) is 11.1 Å². The monoisotopic (exact) mass is 610 g/mol. The minimum absolute atomic E-state index is 0.00762. The lowest BCUT2D eigenvalue weighted by Gasteiger charge is -2.64. The number of rotatable bonds is 5. The second-order valence-electron chi connectivity index (χ2n) is 13.0. The van der Waals surface area contributed by atoms with Crippen LogP contribution in [0.2, 0.25) is 0 Å². The Labute approximate surface area is 250 Å². The maximum atomic E-state index is 12.9. The molecule has 1 heterocycles. The number of esters is 5. The molecule has 2 N–H and O–H groups in total. The molecule has 2 bridgehead atoms. The van der Waals surface area contributed by atoms with Crippen LogP contribution in [-0.4, -0.2) is 94.5 Å². The van der Waals surface area contributed by atoms with Gasteiger partial charge in [0.2, 0.25) is 0 Å². The van der Waals surface area contributed by atoms with Gasteiger partial charge in [-0.25, -0.2) is 0 Å². The Kier molecular flexibility index (Phi) is 8.29. The molecular weight excluding hydrogens is 568 g/mol. The zero-order valence-corrected chi connectivity index (χ0v) is 26.0. The van der Waals surface area contributed by atoms with E-state index in [-0.39, 0.29) is 25.0 Å². The van der Waals surface area contributed by atoms with E-state index in [1.807, 2.05) is 0 Å². The van der Waals surface area contributed by atoms with Crippen LogP contribution < -0.4 is 0 Å². The number of epoxide rings is 1. The van der Waals surface area contributed by atoms with Crippen LogP contribution in [0.4, 0.5) is 0 Å². The Hall–Kier alpha value is -3.03. The topological polar surface area (TPSA) is 184 Å². The molecule has 4 rings (SSSR count). The maximum absolute atomic E-state index is 12.9. The Morgan fingerprint density at radius 1 is 0.791 bits per heavy atom. The zero-order valence-electron chi connectivity index (χ0n) is 26.0. The van der Waals surface area contributed by atoms with Crippen molar-refractivity contribution in [3.8, 4) is 0 Å². The first-order valence-corrected chi connectivity index (χ1v) is 14.4. The van der Waals surface area contributed by atoms with Crippen molar-refractivity contribution < 1.29 is 62.6 Å². The van der Waals surface area contributed by atoms with Gasteiger partial charge in [-0.2, -0.15) is 0 Å². The van der Waals surface area contributed by atoms with Gasteiger partial charge in [0.05, 0.1) is 12.7 Å². The number of carbonyl (C=O) groups is 5. The molecule has 1 spiro atoms. The molecule has 0 aromatic rings. The lowest BCUT2D eigenvalue weighted by molar-refractivity contribution is -0.283. The zero-order chi connectivity index (χ0) is 32.4. The van der Waals surface area contributed by atoms with E-state index in [0.29, 0.717) is 5.57 Å². The lowest BCUT2D eigenvalue weighted by atomic mass is 9.45. The summed E-state index contributed by atoms with van der Waals surface area (Å²) >= 11 is 0. The predicted molar refractivity (Wildman–Crippen MR) is 145 cm³/mol. The average molecular weight is 611 g/mol. The molecule has 3 aliphatic carbocycles. The van der Waals surface area contributed by atoms with Gasteiger partial charge in [0.1, 0.15) is 29.5 Å². The van der Waals surface area contributed by atoms with E-state index in [1.54, 1.807) is 27.7 Å². The number of hydrogen-bond donors (Lipinski definition) is 2. The molecule has 10 atom stereocenters. The summed E-state index contributed by atoms with van der Waals surface area (Å²) in [6, 6.07) is 0. The van der Waals surface area contributed by atoms with Crippen LogP contribution >= 0.6 is 0 Å². The number of ether oxygens (including phenoxy) is 6. The molecular formula is C30H42O13. The smallest absolute Gasteiger partial charge is 0.303 e. The highest BCUT2D eigenvalue weighted by atomic mass is 16.6. The normalized spacial score (nSPS) is 41.1. The van der Waals surface area contributed by atoms with Crippen LogP contribution in [0, 0.1) is 16.7 Å². The van der Waals surface area contributed by atoms with E-state index in [1.165, 1.54) is 20.8 Å². The fraction of sp³-hybridized carbons (Fsp3) is 0.767. The van der Waals surface area contributed by atoms with Crippen LogP contribution in [0.25, 0.3) is 0 Å². The molecule has 0 radical (unpaired) electrons. The Morgan fingerprint density at radius 3 is 1.74 bits per heavy atom. The summed E-state index contributed by atoms with van der Waals surface area (Å²) in [5.74, 6) is -4.76. The second kappa shape index (κ2) is 10.8. The van der Waals surface area contributed by atoms with E-state index in [0.717, 1.165) is 13.8 Å². The maximum Gasteiger partial charge on any atom is 0.303 e. The van der Waals surface area contributed by atoms with Gasteiger partial charge in [-0.05, 0) is 18.1 Å². The second-order valence-corrected chi connectivity index (χ2v) is 13.0. The average Bonchev–Trinajstić information content (AvgIpc) is 3.63. The minimum atomic E-state index is -2.05. The molecule has 43 heavy (non-hydrogen) atoms. The van der Waals surface area contributed by atoms with E-state index in [9.17, 15) is 34.2 Å². The summed E-state index contributed by atoms with van der Waals surface area (Å²) in [6.07, 6.45) is -8.19. The van der Waals surface area contributed by atoms with Gasteiger partial charge in [-0.15, -0.1) is 0 Å². The molecule has 10 unspecified atom stereocenters. The molecule has 240 valence electrons. The van der Waals surface area contributed by atoms with Gasteiger partial charge in [0.15, 0.2) is 12.2 Å². The van der Waals surface area contributed by atoms with Gasteiger partial charge in [0, 0.05) is 64.2 Å². The van der Waals surface area contributed by atoms with Crippen LogP contribution in [0.3, 0.4) is 0 Å². The molecule has 13 nitrogen and oxygen atoms in total. The number of carbonyl (C=O) groups excluding carboxylic acids is 5. The van der Waals surface area contributed by atoms with Gasteiger partial charge >= 0.3 is 29.8 Å². The molecule has 0 aromatic heterocycles. The van der Waals surface area contributed by atoms with E-state index in [2.05, 4.69) is 0 Å². The molecule has 3 fully saturated rings. The molecule has 1 saturated heterocycles. The Morgan fingerprint density at radius 2 is 1.28 bits per heavy atom. The van der Waals surface area contributed by atoms with Crippen molar-refractivity contribution in [2.75, 3.05) is 6.61 Å². The third-order valence-corrected chi connectivity index (χ3v) is 9.98. The van der Waals surface area contributed by atoms with Crippen molar-refractivity contribution in [2.45, 2.75) is 123 Å². The summed E-state index contributed by atoms with van der Waals surface area (Å²) in [6.45, 7) is 12.5.